The van der Waals surface area contributed by atoms with Gasteiger partial charge in [-0.15, -0.1) is 0 Å². The Morgan fingerprint density at radius 3 is 0.321 bits per heavy atom. The highest BCUT2D eigenvalue weighted by Crippen LogP contribution is 2.51. The highest BCUT2D eigenvalue weighted by Gasteiger charge is 2.27. The van der Waals surface area contributed by atoms with E-state index in [1.807, 2.05) is 0 Å². The summed E-state index contributed by atoms with van der Waals surface area (Å²) in [6, 6.07) is 27.2. The van der Waals surface area contributed by atoms with Crippen molar-refractivity contribution in [3.05, 3.63) is 72.8 Å². The predicted molar refractivity (Wildman–Crippen MR) is 601 cm³/mol. The Morgan fingerprint density at radius 2 is 0.214 bits per heavy atom. The molecule has 0 saturated heterocycles. The van der Waals surface area contributed by atoms with Gasteiger partial charge in [-0.1, -0.05) is 352 Å². The summed E-state index contributed by atoms with van der Waals surface area (Å²) in [5, 5.41) is 13.4. The van der Waals surface area contributed by atoms with E-state index < -0.39 is 0 Å². The van der Waals surface area contributed by atoms with Crippen molar-refractivity contribution < 1.29 is 65.8 Å². The fourth-order valence-corrected chi connectivity index (χ4v) is 19.7. The lowest BCUT2D eigenvalue weighted by molar-refractivity contribution is -0.946. The van der Waals surface area contributed by atoms with Crippen LogP contribution in [-0.2, 0) is 0 Å². The fourth-order valence-electron chi connectivity index (χ4n) is 19.7. The maximum atomic E-state index is 6.94. The van der Waals surface area contributed by atoms with Gasteiger partial charge in [0.15, 0.2) is 69.0 Å². The van der Waals surface area contributed by atoms with Crippen LogP contribution in [0.1, 0.15) is 454 Å². The summed E-state index contributed by atoms with van der Waals surface area (Å²) in [5.41, 5.74) is 0. The van der Waals surface area contributed by atoms with Crippen molar-refractivity contribution in [2.75, 3.05) is 134 Å². The summed E-state index contributed by atoms with van der Waals surface area (Å²) in [7, 11) is 9.89. The topological polar surface area (TPSA) is 111 Å². The van der Waals surface area contributed by atoms with Gasteiger partial charge < -0.3 is 65.8 Å². The number of unbranched alkanes of at least 4 members (excludes halogenated alkanes) is 48. The lowest BCUT2D eigenvalue weighted by Gasteiger charge is -2.36. The molecule has 0 bridgehead atoms. The van der Waals surface area contributed by atoms with Gasteiger partial charge in [-0.2, -0.15) is 0 Å². The predicted octanol–water partition coefficient (Wildman–Crippen LogP) is 37.6. The van der Waals surface area contributed by atoms with Crippen LogP contribution in [0.4, 0.5) is 0 Å². The zero-order valence-electron chi connectivity index (χ0n) is 92.5. The fraction of sp³-hybridized carbons (Fsp3) is 0.714. The van der Waals surface area contributed by atoms with E-state index in [9.17, 15) is 0 Å². The molecule has 790 valence electrons. The van der Waals surface area contributed by atoms with Crippen molar-refractivity contribution in [2.24, 2.45) is 0 Å². The standard InChI is InChI=1S/C126H206N2O12/c1-15-25-35-63-79-129-115-91-103-105-93-117(131-81-65-37-27-17-3)121(135-85-69-41-31-21-7)97-109(105)113-101-125(123(137-87-71-43-33-23-9)99-111(113)107(103)95-119(115)133-83-67-39-29-19-5)139-89-73-59-55-51-47-45-49-53-57-61-75-127(11,12)77-78-128(13,14)76-62-58-54-50-46-48-52-56-60-74-90-140-126-102-114-110-98-122(136-86-70-42-32-22-8)118(132-82-66-38-28-18-4)94-106(110)104-92-116(130-80-64-36-26-16-2)120(134-84-68-40-30-20-6)96-108(104)112(114)100-124(126)138-88-72-44-34-24-10/h91-102H,15-90H2,1-14H3/q+2. The van der Waals surface area contributed by atoms with Gasteiger partial charge in [-0.25, -0.2) is 0 Å². The third-order valence-corrected chi connectivity index (χ3v) is 28.9. The zero-order valence-corrected chi connectivity index (χ0v) is 92.5. The number of hydrogen-bond acceptors (Lipinski definition) is 12. The molecule has 8 aromatic rings. The molecule has 0 heterocycles. The number of nitrogens with zero attached hydrogens (tertiary/aromatic N) is 2. The molecule has 0 unspecified atom stereocenters. The van der Waals surface area contributed by atoms with Crippen LogP contribution >= 0.6 is 0 Å². The van der Waals surface area contributed by atoms with Gasteiger partial charge >= 0.3 is 0 Å². The molecule has 140 heavy (non-hydrogen) atoms. The molecule has 8 rings (SSSR count). The van der Waals surface area contributed by atoms with E-state index in [-0.39, 0.29) is 0 Å². The summed E-state index contributed by atoms with van der Waals surface area (Å²) >= 11 is 0. The highest BCUT2D eigenvalue weighted by atomic mass is 16.5. The molecule has 0 spiro atoms. The molecule has 0 aliphatic heterocycles. The molecule has 0 aliphatic carbocycles. The van der Waals surface area contributed by atoms with E-state index in [4.69, 9.17) is 56.8 Å². The lowest BCUT2D eigenvalue weighted by Crippen LogP contribution is -2.51. The second kappa shape index (κ2) is 72.2. The van der Waals surface area contributed by atoms with Crippen LogP contribution in [-0.4, -0.2) is 143 Å². The monoisotopic (exact) mass is 1940 g/mol. The Labute approximate surface area is 855 Å². The number of likely N-dealkylation sites (N-methyl/N-ethyl adjacent to an activating group) is 2. The van der Waals surface area contributed by atoms with Gasteiger partial charge in [0.05, 0.1) is 121 Å². The van der Waals surface area contributed by atoms with Crippen LogP contribution in [0.5, 0.6) is 69.0 Å². The minimum atomic E-state index is 0.654. The number of rotatable bonds is 91. The van der Waals surface area contributed by atoms with Crippen LogP contribution in [0.2, 0.25) is 0 Å². The molecular weight excluding hydrogens is 1730 g/mol. The smallest absolute Gasteiger partial charge is 0.161 e. The molecule has 14 nitrogen and oxygen atoms in total. The first-order valence-corrected chi connectivity index (χ1v) is 59.0. The van der Waals surface area contributed by atoms with E-state index in [2.05, 4.69) is 170 Å². The van der Waals surface area contributed by atoms with E-state index in [0.717, 1.165) is 297 Å². The Morgan fingerprint density at radius 1 is 0.121 bits per heavy atom. The van der Waals surface area contributed by atoms with Gasteiger partial charge in [0.1, 0.15) is 13.1 Å². The normalized spacial score (nSPS) is 12.0. The van der Waals surface area contributed by atoms with E-state index in [1.54, 1.807) is 0 Å². The molecule has 14 heteroatoms. The first kappa shape index (κ1) is 118. The van der Waals surface area contributed by atoms with Crippen molar-refractivity contribution in [1.82, 2.24) is 0 Å². The third-order valence-electron chi connectivity index (χ3n) is 28.9. The lowest BCUT2D eigenvalue weighted by atomic mass is 9.93. The second-order valence-corrected chi connectivity index (χ2v) is 42.7. The van der Waals surface area contributed by atoms with Gasteiger partial charge in [-0.3, -0.25) is 0 Å². The maximum absolute atomic E-state index is 6.94. The molecule has 0 amide bonds. The summed E-state index contributed by atoms with van der Waals surface area (Å²) in [6.45, 7) is 35.6. The SMILES string of the molecule is CCCCCCOc1cc2c3cc(OCCCCCC)c(OCCCCCC)cc3c3cc(OCCCCCCCCCCCC[N+](C)(C)CC[N+](C)(C)CCCCCCCCCCCCOc4cc5c6cc(OCCCCCC)c(OCCCCCC)cc6c6cc(OCCCCCC)c(OCCCCCC)cc6c5cc4OCCCCCC)c(OCCCCCC)cc3c2cc1OCCCCCC. The first-order chi connectivity index (χ1) is 68.7. The number of hydrogen-bond donors (Lipinski definition) is 0. The van der Waals surface area contributed by atoms with Crippen molar-refractivity contribution in [3.8, 4) is 69.0 Å². The maximum Gasteiger partial charge on any atom is 0.161 e. The van der Waals surface area contributed by atoms with E-state index >= 15 is 0 Å². The second-order valence-electron chi connectivity index (χ2n) is 42.7. The molecule has 0 aromatic heterocycles. The van der Waals surface area contributed by atoms with Gasteiger partial charge in [0.2, 0.25) is 0 Å². The van der Waals surface area contributed by atoms with Crippen LogP contribution in [0.3, 0.4) is 0 Å². The molecule has 0 radical (unpaired) electrons. The number of fused-ring (bicyclic) bond motifs is 12. The Balaban J connectivity index is 0.782. The van der Waals surface area contributed by atoms with Crippen LogP contribution < -0.4 is 56.8 Å². The molecule has 0 atom stereocenters. The molecule has 0 N–H and O–H groups in total. The zero-order chi connectivity index (χ0) is 99.6. The van der Waals surface area contributed by atoms with Crippen molar-refractivity contribution >= 4 is 64.6 Å². The van der Waals surface area contributed by atoms with Crippen LogP contribution in [0.15, 0.2) is 72.8 Å². The number of quaternary nitrogens is 2. The summed E-state index contributed by atoms with van der Waals surface area (Å²) in [6.07, 6.45) is 71.0. The van der Waals surface area contributed by atoms with Gasteiger partial charge in [0.25, 0.3) is 0 Å². The Kier molecular flexibility index (Phi) is 60.9. The molecule has 8 aromatic carbocycles. The molecule has 0 fully saturated rings. The average molecular weight is 1940 g/mol. The van der Waals surface area contributed by atoms with E-state index in [1.165, 1.54) is 257 Å². The average Bonchev–Trinajstić information content (AvgIpc) is 0.729. The quantitative estimate of drug-likeness (QED) is 0.0206. The van der Waals surface area contributed by atoms with Gasteiger partial charge in [-0.05, 0) is 240 Å². The van der Waals surface area contributed by atoms with Crippen LogP contribution in [0.25, 0.3) is 64.6 Å². The van der Waals surface area contributed by atoms with Gasteiger partial charge in [0, 0.05) is 0 Å². The third kappa shape index (κ3) is 44.0. The van der Waals surface area contributed by atoms with Crippen molar-refractivity contribution in [2.45, 2.75) is 454 Å². The van der Waals surface area contributed by atoms with Crippen molar-refractivity contribution in [1.29, 1.82) is 0 Å². The largest absolute Gasteiger partial charge is 0.490 e. The molecule has 0 aliphatic rings. The number of benzene rings is 8. The van der Waals surface area contributed by atoms with Crippen molar-refractivity contribution in [3.63, 3.8) is 0 Å². The molecule has 0 saturated carbocycles. The number of ether oxygens (including phenoxy) is 12. The van der Waals surface area contributed by atoms with Crippen LogP contribution in [0, 0.1) is 0 Å². The molecular formula is C126H206N2O12+2. The summed E-state index contributed by atoms with van der Waals surface area (Å²) < 4.78 is 84.0. The summed E-state index contributed by atoms with van der Waals surface area (Å²) in [4.78, 5) is 0. The minimum absolute atomic E-state index is 0.654. The first-order valence-electron chi connectivity index (χ1n) is 59.0. The Hall–Kier alpha value is -7.16. The highest BCUT2D eigenvalue weighted by molar-refractivity contribution is 6.28. The minimum Gasteiger partial charge on any atom is -0.490 e. The summed E-state index contributed by atoms with van der Waals surface area (Å²) in [5.74, 6) is 9.79. The Bertz CT molecular complexity index is 4200. The van der Waals surface area contributed by atoms with E-state index in [0.29, 0.717) is 79.3 Å².